The van der Waals surface area contributed by atoms with Gasteiger partial charge in [-0.15, -0.1) is 11.8 Å². The maximum atomic E-state index is 13.0. The van der Waals surface area contributed by atoms with Crippen molar-refractivity contribution < 1.29 is 99.7 Å². The van der Waals surface area contributed by atoms with Crippen LogP contribution in [-0.4, -0.2) is 187 Å². The molecule has 0 saturated carbocycles. The number of hydrogen-bond acceptors (Lipinski definition) is 23. The zero-order valence-corrected chi connectivity index (χ0v) is 47.0. The summed E-state index contributed by atoms with van der Waals surface area (Å²) < 4.78 is 62.5. The molecule has 3 unspecified atom stereocenters. The van der Waals surface area contributed by atoms with Crippen LogP contribution >= 0.6 is 47.0 Å². The second-order valence-corrected chi connectivity index (χ2v) is 26.1. The van der Waals surface area contributed by atoms with Gasteiger partial charge in [0.15, 0.2) is 17.7 Å². The Bertz CT molecular complexity index is 2690. The SMILES string of the molecule is CC(C)(COP(=O)(O)OP(=O)(O)OC[C@H]1O[C@@H](n2cnc3c(N)ncnc32)[C@@H](O)C1OP(=O)(O)O)[C@@H](O)C(=O)NCCC(=O)NCCS[C@@H]1CC(=O)N(CCCCCC(=O)NNC(=O)CCCC[C@@H]2SC[C@@H]3NC(=O)N[C@@H]32)C1=O. The van der Waals surface area contributed by atoms with Crippen LogP contribution in [0.5, 0.6) is 0 Å². The fourth-order valence-electron chi connectivity index (χ4n) is 8.62. The molecule has 0 radical (unpaired) electrons. The largest absolute Gasteiger partial charge is 0.481 e. The number of anilines is 1. The Kier molecular flexibility index (Phi) is 22.6. The maximum absolute atomic E-state index is 13.0. The number of urea groups is 1. The molecule has 0 aliphatic carbocycles. The van der Waals surface area contributed by atoms with Gasteiger partial charge in [-0.3, -0.25) is 62.7 Å². The molecule has 79 heavy (non-hydrogen) atoms. The number of ether oxygens (including phenoxy) is 1. The number of imidazole rings is 1. The molecule has 0 bridgehead atoms. The van der Waals surface area contributed by atoms with E-state index in [1.807, 2.05) is 0 Å². The first-order chi connectivity index (χ1) is 37.1. The number of aliphatic hydroxyl groups excluding tert-OH is 2. The van der Waals surface area contributed by atoms with E-state index in [4.69, 9.17) is 19.5 Å². The van der Waals surface area contributed by atoms with Crippen molar-refractivity contribution in [1.82, 2.24) is 56.5 Å². The van der Waals surface area contributed by atoms with Gasteiger partial charge in [-0.1, -0.05) is 26.7 Å². The summed E-state index contributed by atoms with van der Waals surface area (Å²) in [5.74, 6) is -1.82. The normalized spacial score (nSPS) is 25.1. The van der Waals surface area contributed by atoms with Gasteiger partial charge in [0.2, 0.25) is 35.4 Å². The Morgan fingerprint density at radius 2 is 1.62 bits per heavy atom. The number of imide groups is 1. The molecular weight excluding hydrogens is 1150 g/mol. The highest BCUT2D eigenvalue weighted by atomic mass is 32.2. The fourth-order valence-corrected chi connectivity index (χ4v) is 14.0. The van der Waals surface area contributed by atoms with Crippen LogP contribution in [0.3, 0.4) is 0 Å². The predicted octanol–water partition coefficient (Wildman–Crippen LogP) is -1.30. The highest BCUT2D eigenvalue weighted by Crippen LogP contribution is 2.61. The van der Waals surface area contributed by atoms with Gasteiger partial charge >= 0.3 is 29.5 Å². The zero-order chi connectivity index (χ0) is 57.9. The van der Waals surface area contributed by atoms with E-state index < -0.39 is 89.8 Å². The van der Waals surface area contributed by atoms with Gasteiger partial charge in [-0.2, -0.15) is 16.1 Å². The van der Waals surface area contributed by atoms with Crippen LogP contribution in [0.4, 0.5) is 10.6 Å². The fraction of sp³-hybridized carbons (Fsp3) is 0.707. The van der Waals surface area contributed by atoms with Crippen molar-refractivity contribution in [1.29, 1.82) is 0 Å². The topological polar surface area (TPSA) is 483 Å². The number of likely N-dealkylation sites (tertiary alicyclic amines) is 1. The predicted molar refractivity (Wildman–Crippen MR) is 276 cm³/mol. The first kappa shape index (κ1) is 63.8. The number of carbonyl (C=O) groups is 7. The number of nitrogens with one attached hydrogen (secondary N) is 6. The Balaban J connectivity index is 0.799. The third-order valence-corrected chi connectivity index (χ3v) is 18.5. The monoisotopic (exact) mass is 1220 g/mol. The van der Waals surface area contributed by atoms with Gasteiger partial charge in [0, 0.05) is 67.5 Å². The van der Waals surface area contributed by atoms with Crippen molar-refractivity contribution in [3.8, 4) is 0 Å². The van der Waals surface area contributed by atoms with E-state index in [1.54, 1.807) is 11.8 Å². The van der Waals surface area contributed by atoms with E-state index in [1.165, 1.54) is 30.5 Å². The van der Waals surface area contributed by atoms with Gasteiger partial charge in [0.1, 0.15) is 36.3 Å². The Morgan fingerprint density at radius 3 is 2.33 bits per heavy atom. The number of phosphoric ester groups is 3. The first-order valence-corrected chi connectivity index (χ1v) is 31.4. The summed E-state index contributed by atoms with van der Waals surface area (Å²) in [4.78, 5) is 139. The van der Waals surface area contributed by atoms with E-state index in [0.717, 1.165) is 35.8 Å². The van der Waals surface area contributed by atoms with Crippen molar-refractivity contribution in [2.75, 3.05) is 50.1 Å². The van der Waals surface area contributed by atoms with Gasteiger partial charge < -0.3 is 61.5 Å². The standard InChI is InChI=1S/C41H65N12O21P3S2/c1-41(2,19-71-77(68,69)74-76(66,67)70-17-23-33(73-75(63,64)65)32(58)39(72-23)53-21-47-31-35(42)45-20-46-36(31)53)34(59)37(60)44-12-11-26(54)43-13-15-78-25-16-29(57)52(38(25)61)14-7-3-4-9-27(55)50-51-28(56)10-6-5-8-24-30-22(18-79-24)48-40(62)49-30/h20-25,30,32-34,39,58-59H,3-19H2,1-2H3,(H,43,54)(H,44,60)(H,50,55)(H,51,56)(H,66,67)(H,68,69)(H2,42,45,46)(H2,48,49,62)(H2,63,64,65)/t22-,23+,24-,25+,30-,32-,33?,34-,39+/m0/s1. The Morgan fingerprint density at radius 1 is 0.924 bits per heavy atom. The van der Waals surface area contributed by atoms with Crippen LogP contribution in [0, 0.1) is 5.41 Å². The minimum atomic E-state index is -5.62. The number of hydrazine groups is 1. The third-order valence-electron chi connectivity index (χ3n) is 12.7. The number of aliphatic hydroxyl groups is 2. The molecule has 6 rings (SSSR count). The summed E-state index contributed by atoms with van der Waals surface area (Å²) in [6.07, 6.45) is -3.02. The summed E-state index contributed by atoms with van der Waals surface area (Å²) in [6.45, 7) is 0.388. The number of nitrogen functional groups attached to an aromatic ring is 1. The average Bonchev–Trinajstić information content (AvgIpc) is 4.26. The molecule has 4 saturated heterocycles. The molecule has 2 aromatic rings. The van der Waals surface area contributed by atoms with Crippen LogP contribution in [0.15, 0.2) is 12.7 Å². The van der Waals surface area contributed by atoms with Gasteiger partial charge in [-0.25, -0.2) is 33.4 Å². The molecule has 4 fully saturated rings. The number of nitrogens with zero attached hydrogens (tertiary/aromatic N) is 5. The second kappa shape index (κ2) is 28.0. The van der Waals surface area contributed by atoms with Crippen molar-refractivity contribution in [2.45, 2.75) is 131 Å². The summed E-state index contributed by atoms with van der Waals surface area (Å²) >= 11 is 2.99. The molecule has 4 aliphatic rings. The van der Waals surface area contributed by atoms with E-state index >= 15 is 0 Å². The minimum Gasteiger partial charge on any atom is -0.386 e. The summed E-state index contributed by atoms with van der Waals surface area (Å²) in [6, 6.07) is 0.109. The number of rotatable bonds is 31. The van der Waals surface area contributed by atoms with Crippen LogP contribution < -0.4 is 37.9 Å². The van der Waals surface area contributed by atoms with E-state index in [2.05, 4.69) is 55.9 Å². The molecule has 0 aromatic carbocycles. The van der Waals surface area contributed by atoms with Crippen molar-refractivity contribution >= 4 is 105 Å². The second-order valence-electron chi connectivity index (χ2n) is 19.3. The van der Waals surface area contributed by atoms with Gasteiger partial charge in [-0.05, 0) is 25.7 Å². The van der Waals surface area contributed by atoms with E-state index in [-0.39, 0.29) is 110 Å². The molecule has 8 amide bonds. The minimum absolute atomic E-state index is 0.0131. The third kappa shape index (κ3) is 18.6. The Labute approximate surface area is 459 Å². The molecule has 38 heteroatoms. The highest BCUT2D eigenvalue weighted by molar-refractivity contribution is 8.00. The molecule has 2 aromatic heterocycles. The Hall–Kier alpha value is -4.41. The van der Waals surface area contributed by atoms with E-state index in [9.17, 15) is 77.0 Å². The quantitative estimate of drug-likeness (QED) is 0.0137. The van der Waals surface area contributed by atoms with Crippen molar-refractivity contribution in [3.05, 3.63) is 12.7 Å². The van der Waals surface area contributed by atoms with Gasteiger partial charge in [0.25, 0.3) is 0 Å². The average molecular weight is 1220 g/mol. The molecule has 6 heterocycles. The number of fused-ring (bicyclic) bond motifs is 2. The highest BCUT2D eigenvalue weighted by Gasteiger charge is 2.51. The van der Waals surface area contributed by atoms with Crippen molar-refractivity contribution in [2.24, 2.45) is 5.41 Å². The first-order valence-electron chi connectivity index (χ1n) is 24.7. The number of unbranched alkanes of at least 4 members (excludes halogenated alkanes) is 3. The van der Waals surface area contributed by atoms with Crippen LogP contribution in [-0.2, 0) is 65.1 Å². The number of amides is 8. The van der Waals surface area contributed by atoms with Crippen LogP contribution in [0.2, 0.25) is 0 Å². The molecule has 33 nitrogen and oxygen atoms in total. The molecule has 442 valence electrons. The van der Waals surface area contributed by atoms with Crippen molar-refractivity contribution in [3.63, 3.8) is 0 Å². The van der Waals surface area contributed by atoms with E-state index in [0.29, 0.717) is 30.9 Å². The maximum Gasteiger partial charge on any atom is 0.481 e. The number of phosphoric acid groups is 3. The summed E-state index contributed by atoms with van der Waals surface area (Å²) in [7, 11) is -16.5. The molecule has 0 spiro atoms. The summed E-state index contributed by atoms with van der Waals surface area (Å²) in [5.41, 5.74) is 9.01. The number of aromatic nitrogens is 4. The number of thioether (sulfide) groups is 2. The van der Waals surface area contributed by atoms with Gasteiger partial charge in [0.05, 0.1) is 36.9 Å². The lowest BCUT2D eigenvalue weighted by atomic mass is 9.87. The lowest BCUT2D eigenvalue weighted by molar-refractivity contribution is -0.139. The summed E-state index contributed by atoms with van der Waals surface area (Å²) in [5, 5.41) is 32.1. The number of nitrogens with two attached hydrogens (primary N) is 1. The molecular formula is C41H65N12O21P3S2. The zero-order valence-electron chi connectivity index (χ0n) is 42.7. The smallest absolute Gasteiger partial charge is 0.386 e. The lowest BCUT2D eigenvalue weighted by Crippen LogP contribution is -2.46. The molecule has 14 N–H and O–H groups in total. The number of hydrogen-bond donors (Lipinski definition) is 13. The molecule has 11 atom stereocenters. The van der Waals surface area contributed by atoms with Crippen LogP contribution in [0.1, 0.15) is 84.3 Å². The number of carbonyl (C=O) groups excluding carboxylic acids is 7. The molecule has 4 aliphatic heterocycles. The lowest BCUT2D eigenvalue weighted by Gasteiger charge is -2.30. The van der Waals surface area contributed by atoms with Crippen LogP contribution in [0.25, 0.3) is 11.2 Å².